The van der Waals surface area contributed by atoms with Crippen LogP contribution in [0.3, 0.4) is 0 Å². The van der Waals surface area contributed by atoms with Gasteiger partial charge in [0.1, 0.15) is 0 Å². The van der Waals surface area contributed by atoms with E-state index >= 15 is 0 Å². The summed E-state index contributed by atoms with van der Waals surface area (Å²) in [5.41, 5.74) is 0.397. The fourth-order valence-electron chi connectivity index (χ4n) is 1.74. The van der Waals surface area contributed by atoms with Crippen LogP contribution in [0, 0.1) is 0 Å². The molecule has 1 unspecified atom stereocenters. The standard InChI is InChI=1S/C16H24N2O2/c1-5-16(3,4)18-14(19)11-12(2)17-15(20)13-9-7-6-8-10-13/h6-10,12H,5,11H2,1-4H3,(H,17,20)(H,18,19). The number of rotatable bonds is 6. The summed E-state index contributed by atoms with van der Waals surface area (Å²) in [5, 5.41) is 5.79. The van der Waals surface area contributed by atoms with Crippen molar-refractivity contribution < 1.29 is 9.59 Å². The van der Waals surface area contributed by atoms with Crippen LogP contribution in [-0.2, 0) is 4.79 Å². The number of amides is 2. The van der Waals surface area contributed by atoms with E-state index in [2.05, 4.69) is 10.6 Å². The summed E-state index contributed by atoms with van der Waals surface area (Å²) in [5.74, 6) is -0.196. The van der Waals surface area contributed by atoms with Crippen molar-refractivity contribution in [3.05, 3.63) is 35.9 Å². The maximum atomic E-state index is 11.9. The molecule has 1 atom stereocenters. The second-order valence-electron chi connectivity index (χ2n) is 5.73. The van der Waals surface area contributed by atoms with Crippen molar-refractivity contribution in [1.29, 1.82) is 0 Å². The van der Waals surface area contributed by atoms with Crippen LogP contribution in [0.15, 0.2) is 30.3 Å². The lowest BCUT2D eigenvalue weighted by Crippen LogP contribution is -2.45. The first kappa shape index (κ1) is 16.2. The molecule has 0 aromatic heterocycles. The highest BCUT2D eigenvalue weighted by molar-refractivity contribution is 5.94. The van der Waals surface area contributed by atoms with Crippen LogP contribution in [0.25, 0.3) is 0 Å². The molecule has 2 amide bonds. The van der Waals surface area contributed by atoms with E-state index in [4.69, 9.17) is 0 Å². The predicted octanol–water partition coefficient (Wildman–Crippen LogP) is 2.50. The lowest BCUT2D eigenvalue weighted by Gasteiger charge is -2.25. The van der Waals surface area contributed by atoms with Gasteiger partial charge in [-0.05, 0) is 39.3 Å². The maximum Gasteiger partial charge on any atom is 0.251 e. The van der Waals surface area contributed by atoms with Crippen LogP contribution in [0.1, 0.15) is 50.9 Å². The van der Waals surface area contributed by atoms with E-state index in [1.54, 1.807) is 12.1 Å². The van der Waals surface area contributed by atoms with E-state index < -0.39 is 0 Å². The van der Waals surface area contributed by atoms with Crippen molar-refractivity contribution in [3.8, 4) is 0 Å². The summed E-state index contributed by atoms with van der Waals surface area (Å²) in [7, 11) is 0. The Hall–Kier alpha value is -1.84. The van der Waals surface area contributed by atoms with Gasteiger partial charge >= 0.3 is 0 Å². The summed E-state index contributed by atoms with van der Waals surface area (Å²) in [6.45, 7) is 7.83. The fraction of sp³-hybridized carbons (Fsp3) is 0.500. The molecule has 0 fully saturated rings. The number of hydrogen-bond acceptors (Lipinski definition) is 2. The van der Waals surface area contributed by atoms with Gasteiger partial charge in [0.2, 0.25) is 5.91 Å². The van der Waals surface area contributed by atoms with E-state index in [1.807, 2.05) is 45.9 Å². The minimum atomic E-state index is -0.208. The highest BCUT2D eigenvalue weighted by atomic mass is 16.2. The average molecular weight is 276 g/mol. The molecular weight excluding hydrogens is 252 g/mol. The van der Waals surface area contributed by atoms with Crippen LogP contribution in [-0.4, -0.2) is 23.4 Å². The van der Waals surface area contributed by atoms with E-state index in [-0.39, 0.29) is 29.8 Å². The number of carbonyl (C=O) groups excluding carboxylic acids is 2. The number of carbonyl (C=O) groups is 2. The lowest BCUT2D eigenvalue weighted by atomic mass is 10.0. The molecular formula is C16H24N2O2. The minimum Gasteiger partial charge on any atom is -0.351 e. The van der Waals surface area contributed by atoms with E-state index in [0.29, 0.717) is 5.56 Å². The zero-order valence-electron chi connectivity index (χ0n) is 12.7. The molecule has 0 saturated carbocycles. The first-order valence-corrected chi connectivity index (χ1v) is 7.01. The van der Waals surface area contributed by atoms with Crippen LogP contribution in [0.4, 0.5) is 0 Å². The van der Waals surface area contributed by atoms with Crippen LogP contribution in [0.2, 0.25) is 0 Å². The summed E-state index contributed by atoms with van der Waals surface area (Å²) in [6, 6.07) is 8.80. The van der Waals surface area contributed by atoms with E-state index in [0.717, 1.165) is 6.42 Å². The van der Waals surface area contributed by atoms with E-state index in [1.165, 1.54) is 0 Å². The van der Waals surface area contributed by atoms with Gasteiger partial charge in [-0.15, -0.1) is 0 Å². The SMILES string of the molecule is CCC(C)(C)NC(=O)CC(C)NC(=O)c1ccccc1. The second-order valence-corrected chi connectivity index (χ2v) is 5.73. The molecule has 0 aliphatic rings. The molecule has 1 aromatic rings. The molecule has 20 heavy (non-hydrogen) atoms. The Morgan fingerprint density at radius 2 is 1.80 bits per heavy atom. The van der Waals surface area contributed by atoms with Crippen molar-refractivity contribution in [3.63, 3.8) is 0 Å². The Bertz CT molecular complexity index is 455. The first-order chi connectivity index (χ1) is 9.34. The van der Waals surface area contributed by atoms with Gasteiger partial charge in [0, 0.05) is 23.6 Å². The van der Waals surface area contributed by atoms with Crippen molar-refractivity contribution in [2.24, 2.45) is 0 Å². The Kier molecular flexibility index (Phi) is 5.74. The molecule has 1 rings (SSSR count). The van der Waals surface area contributed by atoms with Crippen molar-refractivity contribution in [2.45, 2.75) is 52.1 Å². The van der Waals surface area contributed by atoms with Crippen molar-refractivity contribution in [1.82, 2.24) is 10.6 Å². The highest BCUT2D eigenvalue weighted by Crippen LogP contribution is 2.08. The van der Waals surface area contributed by atoms with Crippen molar-refractivity contribution >= 4 is 11.8 Å². The van der Waals surface area contributed by atoms with Gasteiger partial charge < -0.3 is 10.6 Å². The molecule has 0 bridgehead atoms. The zero-order chi connectivity index (χ0) is 15.2. The fourth-order valence-corrected chi connectivity index (χ4v) is 1.74. The maximum absolute atomic E-state index is 11.9. The highest BCUT2D eigenvalue weighted by Gasteiger charge is 2.20. The molecule has 1 aromatic carbocycles. The molecule has 0 radical (unpaired) electrons. The number of benzene rings is 1. The number of nitrogens with one attached hydrogen (secondary N) is 2. The summed E-state index contributed by atoms with van der Waals surface area (Å²) in [6.07, 6.45) is 1.14. The first-order valence-electron chi connectivity index (χ1n) is 7.01. The van der Waals surface area contributed by atoms with Gasteiger partial charge in [-0.1, -0.05) is 25.1 Å². The number of hydrogen-bond donors (Lipinski definition) is 2. The normalized spacial score (nSPS) is 12.6. The third kappa shape index (κ3) is 5.43. The van der Waals surface area contributed by atoms with Gasteiger partial charge in [0.15, 0.2) is 0 Å². The van der Waals surface area contributed by atoms with Gasteiger partial charge in [0.25, 0.3) is 5.91 Å². The van der Waals surface area contributed by atoms with Gasteiger partial charge in [0.05, 0.1) is 0 Å². The minimum absolute atomic E-state index is 0.0438. The molecule has 110 valence electrons. The Labute approximate surface area is 121 Å². The van der Waals surface area contributed by atoms with Crippen LogP contribution in [0.5, 0.6) is 0 Å². The van der Waals surface area contributed by atoms with Gasteiger partial charge in [-0.3, -0.25) is 9.59 Å². The monoisotopic (exact) mass is 276 g/mol. The third-order valence-corrected chi connectivity index (χ3v) is 3.27. The third-order valence-electron chi connectivity index (χ3n) is 3.27. The quantitative estimate of drug-likeness (QED) is 0.838. The topological polar surface area (TPSA) is 58.2 Å². The van der Waals surface area contributed by atoms with Crippen LogP contribution >= 0.6 is 0 Å². The van der Waals surface area contributed by atoms with Gasteiger partial charge in [-0.2, -0.15) is 0 Å². The summed E-state index contributed by atoms with van der Waals surface area (Å²) in [4.78, 5) is 23.8. The molecule has 0 saturated heterocycles. The Morgan fingerprint density at radius 1 is 1.20 bits per heavy atom. The van der Waals surface area contributed by atoms with E-state index in [9.17, 15) is 9.59 Å². The summed E-state index contributed by atoms with van der Waals surface area (Å²) >= 11 is 0. The van der Waals surface area contributed by atoms with Gasteiger partial charge in [-0.25, -0.2) is 0 Å². The second kappa shape index (κ2) is 7.08. The zero-order valence-corrected chi connectivity index (χ0v) is 12.7. The van der Waals surface area contributed by atoms with Crippen LogP contribution < -0.4 is 10.6 Å². The van der Waals surface area contributed by atoms with Crippen molar-refractivity contribution in [2.75, 3.05) is 0 Å². The molecule has 2 N–H and O–H groups in total. The Balaban J connectivity index is 2.46. The molecule has 4 heteroatoms. The largest absolute Gasteiger partial charge is 0.351 e. The Morgan fingerprint density at radius 3 is 2.35 bits per heavy atom. The lowest BCUT2D eigenvalue weighted by molar-refractivity contribution is -0.123. The molecule has 0 heterocycles. The smallest absolute Gasteiger partial charge is 0.251 e. The average Bonchev–Trinajstić information content (AvgIpc) is 2.38. The molecule has 0 spiro atoms. The summed E-state index contributed by atoms with van der Waals surface area (Å²) < 4.78 is 0. The molecule has 4 nitrogen and oxygen atoms in total. The molecule has 0 aliphatic heterocycles. The predicted molar refractivity (Wildman–Crippen MR) is 80.5 cm³/mol. The molecule has 0 aliphatic carbocycles.